The zero-order valence-electron chi connectivity index (χ0n) is 13.8. The highest BCUT2D eigenvalue weighted by atomic mass is 19.3. The first kappa shape index (κ1) is 17.1. The molecular formula is C20H20F2N2O. The van der Waals surface area contributed by atoms with E-state index in [0.717, 1.165) is 17.8 Å². The van der Waals surface area contributed by atoms with Gasteiger partial charge in [-0.1, -0.05) is 36.9 Å². The van der Waals surface area contributed by atoms with Crippen LogP contribution in [0.1, 0.15) is 17.6 Å². The first-order valence-electron chi connectivity index (χ1n) is 8.22. The van der Waals surface area contributed by atoms with Gasteiger partial charge in [0.25, 0.3) is 6.43 Å². The number of carbonyl (C=O) groups excluding carboxylic acids is 1. The Morgan fingerprint density at radius 3 is 2.64 bits per heavy atom. The van der Waals surface area contributed by atoms with Crippen LogP contribution in [0.25, 0.3) is 0 Å². The van der Waals surface area contributed by atoms with Crippen molar-refractivity contribution in [3.05, 3.63) is 72.3 Å². The Morgan fingerprint density at radius 2 is 1.96 bits per heavy atom. The van der Waals surface area contributed by atoms with Crippen LogP contribution >= 0.6 is 0 Å². The second-order valence-electron chi connectivity index (χ2n) is 6.15. The van der Waals surface area contributed by atoms with Crippen molar-refractivity contribution in [2.75, 3.05) is 18.0 Å². The molecule has 0 bridgehead atoms. The molecule has 130 valence electrons. The molecule has 0 saturated carbocycles. The van der Waals surface area contributed by atoms with E-state index in [2.05, 4.69) is 22.9 Å². The molecule has 2 aromatic rings. The number of nitrogens with one attached hydrogen (secondary N) is 1. The number of halogens is 2. The van der Waals surface area contributed by atoms with E-state index in [1.165, 1.54) is 23.8 Å². The van der Waals surface area contributed by atoms with Crippen LogP contribution < -0.4 is 10.2 Å². The quantitative estimate of drug-likeness (QED) is 0.825. The summed E-state index contributed by atoms with van der Waals surface area (Å²) in [4.78, 5) is 13.6. The Balaban J connectivity index is 1.85. The number of nitrogens with zero attached hydrogens (tertiary/aromatic N) is 1. The van der Waals surface area contributed by atoms with Crippen molar-refractivity contribution in [2.24, 2.45) is 5.92 Å². The van der Waals surface area contributed by atoms with Crippen molar-refractivity contribution in [2.45, 2.75) is 12.8 Å². The lowest BCUT2D eigenvalue weighted by Crippen LogP contribution is -2.38. The number of fused-ring (bicyclic) bond motifs is 1. The molecule has 0 saturated heterocycles. The number of amides is 1. The summed E-state index contributed by atoms with van der Waals surface area (Å²) in [5, 5.41) is 2.85. The van der Waals surface area contributed by atoms with Gasteiger partial charge < -0.3 is 10.2 Å². The minimum Gasteiger partial charge on any atom is -0.352 e. The fourth-order valence-corrected chi connectivity index (χ4v) is 3.18. The topological polar surface area (TPSA) is 32.3 Å². The minimum absolute atomic E-state index is 0.0174. The fraction of sp³-hybridized carbons (Fsp3) is 0.250. The molecule has 0 spiro atoms. The molecule has 0 aromatic heterocycles. The second kappa shape index (κ2) is 7.47. The second-order valence-corrected chi connectivity index (χ2v) is 6.15. The Bertz CT molecular complexity index is 759. The van der Waals surface area contributed by atoms with Gasteiger partial charge in [-0.15, -0.1) is 0 Å². The number of hydrogen-bond donors (Lipinski definition) is 1. The first-order valence-corrected chi connectivity index (χ1v) is 8.22. The Labute approximate surface area is 146 Å². The third kappa shape index (κ3) is 3.87. The molecule has 2 aromatic carbocycles. The van der Waals surface area contributed by atoms with Gasteiger partial charge in [0.05, 0.1) is 0 Å². The van der Waals surface area contributed by atoms with Crippen molar-refractivity contribution in [3.63, 3.8) is 0 Å². The van der Waals surface area contributed by atoms with E-state index in [0.29, 0.717) is 13.1 Å². The average Bonchev–Trinajstić information content (AvgIpc) is 2.65. The highest BCUT2D eigenvalue weighted by Gasteiger charge is 2.25. The lowest BCUT2D eigenvalue weighted by Gasteiger charge is -2.36. The Hall–Kier alpha value is -2.69. The van der Waals surface area contributed by atoms with Gasteiger partial charge in [-0.05, 0) is 42.2 Å². The Kier molecular flexibility index (Phi) is 5.12. The number of hydrogen-bond acceptors (Lipinski definition) is 2. The summed E-state index contributed by atoms with van der Waals surface area (Å²) in [5.41, 5.74) is 3.16. The maximum Gasteiger partial charge on any atom is 0.263 e. The number of alkyl halides is 2. The molecule has 0 aliphatic carbocycles. The summed E-state index contributed by atoms with van der Waals surface area (Å²) in [6, 6.07) is 14.4. The van der Waals surface area contributed by atoms with Crippen molar-refractivity contribution in [1.82, 2.24) is 5.32 Å². The fourth-order valence-electron chi connectivity index (χ4n) is 3.18. The molecule has 0 radical (unpaired) electrons. The van der Waals surface area contributed by atoms with Crippen molar-refractivity contribution >= 4 is 17.3 Å². The van der Waals surface area contributed by atoms with E-state index in [1.807, 2.05) is 18.2 Å². The standard InChI is InChI=1S/C20H20F2N2O/c1-2-19(25)23-12-14-11-16-5-3-4-6-18(16)24(13-14)17-9-7-15(8-10-17)20(21)22/h2-10,14,20H,1,11-13H2,(H,23,25). The van der Waals surface area contributed by atoms with Crippen LogP contribution in [0.3, 0.4) is 0 Å². The van der Waals surface area contributed by atoms with Crippen LogP contribution in [0, 0.1) is 5.92 Å². The van der Waals surface area contributed by atoms with Crippen molar-refractivity contribution in [3.8, 4) is 0 Å². The summed E-state index contributed by atoms with van der Waals surface area (Å²) in [7, 11) is 0. The summed E-state index contributed by atoms with van der Waals surface area (Å²) in [6.45, 7) is 4.72. The van der Waals surface area contributed by atoms with E-state index in [1.54, 1.807) is 12.1 Å². The normalized spacial score (nSPS) is 16.4. The van der Waals surface area contributed by atoms with E-state index in [9.17, 15) is 13.6 Å². The molecule has 3 rings (SSSR count). The maximum absolute atomic E-state index is 12.8. The molecule has 1 aliphatic rings. The number of rotatable bonds is 5. The predicted octanol–water partition coefficient (Wildman–Crippen LogP) is 4.24. The molecular weight excluding hydrogens is 322 g/mol. The summed E-state index contributed by atoms with van der Waals surface area (Å²) in [5.74, 6) is 0.0419. The number of carbonyl (C=O) groups is 1. The van der Waals surface area contributed by atoms with Crippen LogP contribution in [-0.4, -0.2) is 19.0 Å². The van der Waals surface area contributed by atoms with Crippen molar-refractivity contribution in [1.29, 1.82) is 0 Å². The highest BCUT2D eigenvalue weighted by molar-refractivity contribution is 5.86. The minimum atomic E-state index is -2.47. The summed E-state index contributed by atoms with van der Waals surface area (Å²) < 4.78 is 25.6. The summed E-state index contributed by atoms with van der Waals surface area (Å²) in [6.07, 6.45) is -0.346. The van der Waals surface area contributed by atoms with Crippen molar-refractivity contribution < 1.29 is 13.6 Å². The van der Waals surface area contributed by atoms with E-state index >= 15 is 0 Å². The molecule has 1 N–H and O–H groups in total. The molecule has 0 fully saturated rings. The van der Waals surface area contributed by atoms with Crippen LogP contribution in [0.15, 0.2) is 61.2 Å². The van der Waals surface area contributed by atoms with Crippen LogP contribution in [-0.2, 0) is 11.2 Å². The van der Waals surface area contributed by atoms with Gasteiger partial charge in [-0.25, -0.2) is 8.78 Å². The lowest BCUT2D eigenvalue weighted by molar-refractivity contribution is -0.116. The van der Waals surface area contributed by atoms with Gasteiger partial charge in [-0.3, -0.25) is 4.79 Å². The molecule has 5 heteroatoms. The highest BCUT2D eigenvalue weighted by Crippen LogP contribution is 2.35. The first-order chi connectivity index (χ1) is 12.1. The zero-order chi connectivity index (χ0) is 17.8. The molecule has 1 atom stereocenters. The SMILES string of the molecule is C=CC(=O)NCC1Cc2ccccc2N(c2ccc(C(F)F)cc2)C1. The van der Waals surface area contributed by atoms with Crippen LogP contribution in [0.4, 0.5) is 20.2 Å². The number of benzene rings is 2. The van der Waals surface area contributed by atoms with Gasteiger partial charge in [0.1, 0.15) is 0 Å². The monoisotopic (exact) mass is 342 g/mol. The third-order valence-electron chi connectivity index (χ3n) is 4.44. The molecule has 1 heterocycles. The molecule has 1 unspecified atom stereocenters. The molecule has 1 amide bonds. The summed E-state index contributed by atoms with van der Waals surface area (Å²) >= 11 is 0. The van der Waals surface area contributed by atoms with E-state index in [-0.39, 0.29) is 17.4 Å². The molecule has 1 aliphatic heterocycles. The number of anilines is 2. The van der Waals surface area contributed by atoms with E-state index in [4.69, 9.17) is 0 Å². The van der Waals surface area contributed by atoms with Gasteiger partial charge >= 0.3 is 0 Å². The van der Waals surface area contributed by atoms with Crippen LogP contribution in [0.2, 0.25) is 0 Å². The van der Waals surface area contributed by atoms with Gasteiger partial charge in [0, 0.05) is 30.0 Å². The molecule has 3 nitrogen and oxygen atoms in total. The van der Waals surface area contributed by atoms with Crippen LogP contribution in [0.5, 0.6) is 0 Å². The van der Waals surface area contributed by atoms with E-state index < -0.39 is 6.43 Å². The zero-order valence-corrected chi connectivity index (χ0v) is 13.8. The molecule has 25 heavy (non-hydrogen) atoms. The average molecular weight is 342 g/mol. The largest absolute Gasteiger partial charge is 0.352 e. The van der Waals surface area contributed by atoms with Gasteiger partial charge in [-0.2, -0.15) is 0 Å². The predicted molar refractivity (Wildman–Crippen MR) is 95.2 cm³/mol. The third-order valence-corrected chi connectivity index (χ3v) is 4.44. The smallest absolute Gasteiger partial charge is 0.263 e. The Morgan fingerprint density at radius 1 is 1.24 bits per heavy atom. The van der Waals surface area contributed by atoms with Gasteiger partial charge in [0.15, 0.2) is 0 Å². The number of para-hydroxylation sites is 1. The maximum atomic E-state index is 12.8. The lowest BCUT2D eigenvalue weighted by atomic mass is 9.91. The van der Waals surface area contributed by atoms with Gasteiger partial charge in [0.2, 0.25) is 5.91 Å².